The lowest BCUT2D eigenvalue weighted by Gasteiger charge is -2.03. The maximum absolute atomic E-state index is 12.3. The molecule has 0 saturated carbocycles. The summed E-state index contributed by atoms with van der Waals surface area (Å²) in [6, 6.07) is 9.13. The number of fused-ring (bicyclic) bond motifs is 1. The highest BCUT2D eigenvalue weighted by atomic mass is 32.1. The quantitative estimate of drug-likeness (QED) is 0.674. The summed E-state index contributed by atoms with van der Waals surface area (Å²) in [5, 5.41) is 3.20. The summed E-state index contributed by atoms with van der Waals surface area (Å²) in [6.07, 6.45) is 0. The zero-order valence-corrected chi connectivity index (χ0v) is 12.0. The van der Waals surface area contributed by atoms with E-state index < -0.39 is 0 Å². The molecule has 0 aliphatic carbocycles. The first-order chi connectivity index (χ1) is 10.1. The minimum Gasteiger partial charge on any atom is -0.369 e. The van der Waals surface area contributed by atoms with Crippen molar-refractivity contribution in [2.75, 3.05) is 11.1 Å². The van der Waals surface area contributed by atoms with E-state index in [1.807, 2.05) is 18.2 Å². The summed E-state index contributed by atoms with van der Waals surface area (Å²) in [5.41, 5.74) is 6.50. The van der Waals surface area contributed by atoms with Gasteiger partial charge in [0.2, 0.25) is 5.95 Å². The van der Waals surface area contributed by atoms with Gasteiger partial charge in [-0.15, -0.1) is 11.3 Å². The minimum atomic E-state index is -0.329. The van der Waals surface area contributed by atoms with Gasteiger partial charge in [0.1, 0.15) is 4.83 Å². The zero-order valence-electron chi connectivity index (χ0n) is 11.1. The van der Waals surface area contributed by atoms with Gasteiger partial charge in [0.05, 0.1) is 10.3 Å². The van der Waals surface area contributed by atoms with Gasteiger partial charge in [-0.25, -0.2) is 4.98 Å². The van der Waals surface area contributed by atoms with E-state index in [9.17, 15) is 9.59 Å². The zero-order chi connectivity index (χ0) is 15.0. The molecule has 0 unspecified atom stereocenters. The van der Waals surface area contributed by atoms with Crippen LogP contribution in [0.15, 0.2) is 35.1 Å². The molecule has 2 aromatic heterocycles. The number of nitrogens with one attached hydrogen (secondary N) is 2. The van der Waals surface area contributed by atoms with E-state index in [1.54, 1.807) is 19.1 Å². The predicted molar refractivity (Wildman–Crippen MR) is 83.8 cm³/mol. The van der Waals surface area contributed by atoms with Gasteiger partial charge < -0.3 is 11.1 Å². The van der Waals surface area contributed by atoms with Gasteiger partial charge in [0, 0.05) is 5.69 Å². The number of nitrogen functional groups attached to an aromatic ring is 1. The second-order valence-electron chi connectivity index (χ2n) is 4.51. The first-order valence-electron chi connectivity index (χ1n) is 6.21. The van der Waals surface area contributed by atoms with Crippen molar-refractivity contribution in [1.82, 2.24) is 9.97 Å². The highest BCUT2D eigenvalue weighted by Gasteiger charge is 2.19. The molecular weight excluding hydrogens is 288 g/mol. The Balaban J connectivity index is 2.05. The molecule has 0 aliphatic rings. The van der Waals surface area contributed by atoms with Gasteiger partial charge in [-0.1, -0.05) is 18.2 Å². The number of hydrogen-bond donors (Lipinski definition) is 3. The Morgan fingerprint density at radius 2 is 2.05 bits per heavy atom. The number of benzene rings is 1. The number of anilines is 2. The molecule has 3 rings (SSSR count). The molecule has 1 amide bonds. The Hall–Kier alpha value is -2.67. The number of nitrogens with zero attached hydrogens (tertiary/aromatic N) is 1. The number of H-pyrrole nitrogens is 1. The van der Waals surface area contributed by atoms with E-state index in [0.29, 0.717) is 26.3 Å². The van der Waals surface area contributed by atoms with Crippen molar-refractivity contribution < 1.29 is 4.79 Å². The average molecular weight is 300 g/mol. The molecule has 3 aromatic rings. The highest BCUT2D eigenvalue weighted by Crippen LogP contribution is 2.27. The molecule has 0 fully saturated rings. The second-order valence-corrected chi connectivity index (χ2v) is 5.51. The Labute approximate surface area is 123 Å². The first kappa shape index (κ1) is 13.3. The fourth-order valence-corrected chi connectivity index (χ4v) is 3.17. The van der Waals surface area contributed by atoms with E-state index in [0.717, 1.165) is 11.3 Å². The molecule has 7 heteroatoms. The van der Waals surface area contributed by atoms with Crippen LogP contribution >= 0.6 is 11.3 Å². The van der Waals surface area contributed by atoms with Crippen LogP contribution in [0.25, 0.3) is 10.2 Å². The third kappa shape index (κ3) is 2.38. The average Bonchev–Trinajstić information content (AvgIpc) is 2.77. The number of aromatic nitrogens is 2. The molecule has 0 spiro atoms. The summed E-state index contributed by atoms with van der Waals surface area (Å²) in [5.74, 6) is -0.219. The van der Waals surface area contributed by atoms with Gasteiger partial charge >= 0.3 is 0 Å². The van der Waals surface area contributed by atoms with Gasteiger partial charge in [-0.2, -0.15) is 0 Å². The van der Waals surface area contributed by atoms with Crippen LogP contribution in [-0.2, 0) is 0 Å². The third-order valence-corrected chi connectivity index (χ3v) is 4.24. The normalized spacial score (nSPS) is 10.7. The molecule has 0 bridgehead atoms. The predicted octanol–water partition coefficient (Wildman–Crippen LogP) is 2.13. The number of para-hydroxylation sites is 1. The van der Waals surface area contributed by atoms with E-state index in [-0.39, 0.29) is 17.4 Å². The molecule has 2 heterocycles. The lowest BCUT2D eigenvalue weighted by molar-refractivity contribution is 0.103. The number of nitrogens with two attached hydrogens (primary N) is 1. The Morgan fingerprint density at radius 1 is 1.33 bits per heavy atom. The van der Waals surface area contributed by atoms with Crippen molar-refractivity contribution >= 4 is 39.1 Å². The number of amides is 1. The number of carbonyl (C=O) groups is 1. The van der Waals surface area contributed by atoms with E-state index in [4.69, 9.17) is 5.73 Å². The fourth-order valence-electron chi connectivity index (χ4n) is 2.09. The number of aromatic amines is 1. The van der Waals surface area contributed by atoms with Crippen LogP contribution in [-0.4, -0.2) is 15.9 Å². The summed E-state index contributed by atoms with van der Waals surface area (Å²) >= 11 is 1.16. The van der Waals surface area contributed by atoms with Gasteiger partial charge in [-0.05, 0) is 24.6 Å². The molecule has 21 heavy (non-hydrogen) atoms. The van der Waals surface area contributed by atoms with Crippen molar-refractivity contribution in [3.8, 4) is 0 Å². The Kier molecular flexibility index (Phi) is 3.19. The lowest BCUT2D eigenvalue weighted by atomic mass is 10.2. The highest BCUT2D eigenvalue weighted by molar-refractivity contribution is 7.20. The number of carbonyl (C=O) groups excluding carboxylic acids is 1. The van der Waals surface area contributed by atoms with Crippen molar-refractivity contribution in [1.29, 1.82) is 0 Å². The molecule has 4 N–H and O–H groups in total. The summed E-state index contributed by atoms with van der Waals surface area (Å²) in [4.78, 5) is 31.7. The van der Waals surface area contributed by atoms with Crippen molar-refractivity contribution in [3.05, 3.63) is 51.1 Å². The topological polar surface area (TPSA) is 101 Å². The third-order valence-electron chi connectivity index (χ3n) is 3.06. The maximum Gasteiger partial charge on any atom is 0.266 e. The fraction of sp³-hybridized carbons (Fsp3) is 0.0714. The SMILES string of the molecule is Cc1c(C(=O)Nc2ccccc2)sc2nc(N)[nH]c(=O)c12. The summed E-state index contributed by atoms with van der Waals surface area (Å²) in [7, 11) is 0. The number of thiophene rings is 1. The molecule has 0 radical (unpaired) electrons. The Morgan fingerprint density at radius 3 is 2.76 bits per heavy atom. The van der Waals surface area contributed by atoms with Crippen molar-refractivity contribution in [2.24, 2.45) is 0 Å². The second kappa shape index (κ2) is 5.02. The molecule has 0 atom stereocenters. The standard InChI is InChI=1S/C14H12N4O2S/c1-7-9-11(19)17-14(15)18-13(9)21-10(7)12(20)16-8-5-3-2-4-6-8/h2-6H,1H3,(H,16,20)(H3,15,17,18,19). The maximum atomic E-state index is 12.3. The van der Waals surface area contributed by atoms with E-state index in [2.05, 4.69) is 15.3 Å². The van der Waals surface area contributed by atoms with Crippen LogP contribution in [0.3, 0.4) is 0 Å². The largest absolute Gasteiger partial charge is 0.369 e. The lowest BCUT2D eigenvalue weighted by Crippen LogP contribution is -2.13. The molecule has 6 nitrogen and oxygen atoms in total. The van der Waals surface area contributed by atoms with E-state index >= 15 is 0 Å². The number of rotatable bonds is 2. The molecule has 0 saturated heterocycles. The number of hydrogen-bond acceptors (Lipinski definition) is 5. The molecule has 0 aliphatic heterocycles. The van der Waals surface area contributed by atoms with Gasteiger partial charge in [-0.3, -0.25) is 14.6 Å². The van der Waals surface area contributed by atoms with Gasteiger partial charge in [0.25, 0.3) is 11.5 Å². The van der Waals surface area contributed by atoms with Crippen LogP contribution in [0.1, 0.15) is 15.2 Å². The smallest absolute Gasteiger partial charge is 0.266 e. The number of aryl methyl sites for hydroxylation is 1. The molecular formula is C14H12N4O2S. The van der Waals surface area contributed by atoms with Crippen molar-refractivity contribution in [2.45, 2.75) is 6.92 Å². The first-order valence-corrected chi connectivity index (χ1v) is 7.03. The summed E-state index contributed by atoms with van der Waals surface area (Å²) < 4.78 is 0. The van der Waals surface area contributed by atoms with Crippen molar-refractivity contribution in [3.63, 3.8) is 0 Å². The van der Waals surface area contributed by atoms with E-state index in [1.165, 1.54) is 0 Å². The minimum absolute atomic E-state index is 0.0452. The van der Waals surface area contributed by atoms with Crippen LogP contribution < -0.4 is 16.6 Å². The van der Waals surface area contributed by atoms with Crippen LogP contribution in [0.2, 0.25) is 0 Å². The molecule has 1 aromatic carbocycles. The Bertz CT molecular complexity index is 883. The monoisotopic (exact) mass is 300 g/mol. The van der Waals surface area contributed by atoms with Crippen LogP contribution in [0, 0.1) is 6.92 Å². The van der Waals surface area contributed by atoms with Crippen LogP contribution in [0.4, 0.5) is 11.6 Å². The van der Waals surface area contributed by atoms with Crippen LogP contribution in [0.5, 0.6) is 0 Å². The van der Waals surface area contributed by atoms with Gasteiger partial charge in [0.15, 0.2) is 0 Å². The summed E-state index contributed by atoms with van der Waals surface area (Å²) in [6.45, 7) is 1.73. The molecule has 106 valence electrons.